The molecule has 1 heterocycles. The molecular weight excluding hydrogens is 356 g/mol. The van der Waals surface area contributed by atoms with E-state index in [1.54, 1.807) is 36.1 Å². The minimum absolute atomic E-state index is 0.0254. The molecule has 1 fully saturated rings. The predicted octanol–water partition coefficient (Wildman–Crippen LogP) is 3.62. The molecule has 1 atom stereocenters. The van der Waals surface area contributed by atoms with Crippen molar-refractivity contribution in [3.63, 3.8) is 0 Å². The van der Waals surface area contributed by atoms with Gasteiger partial charge in [-0.15, -0.1) is 0 Å². The number of ether oxygens (including phenoxy) is 2. The summed E-state index contributed by atoms with van der Waals surface area (Å²) in [6.07, 6.45) is 0.471. The first-order chi connectivity index (χ1) is 12.1. The molecule has 0 spiro atoms. The van der Waals surface area contributed by atoms with Gasteiger partial charge in [-0.25, -0.2) is 4.79 Å². The highest BCUT2D eigenvalue weighted by molar-refractivity contribution is 6.30. The Balaban J connectivity index is 1.76. The Bertz CT molecular complexity index is 619. The Morgan fingerprint density at radius 2 is 1.77 bits per heavy atom. The molecule has 0 radical (unpaired) electrons. The minimum Gasteiger partial charge on any atom is -0.481 e. The van der Waals surface area contributed by atoms with Crippen LogP contribution in [-0.4, -0.2) is 47.7 Å². The van der Waals surface area contributed by atoms with Gasteiger partial charge >= 0.3 is 6.09 Å². The van der Waals surface area contributed by atoms with Crippen LogP contribution in [0.25, 0.3) is 0 Å². The summed E-state index contributed by atoms with van der Waals surface area (Å²) < 4.78 is 11.0. The van der Waals surface area contributed by atoms with E-state index in [0.29, 0.717) is 36.7 Å². The van der Waals surface area contributed by atoms with E-state index in [1.807, 2.05) is 20.8 Å². The summed E-state index contributed by atoms with van der Waals surface area (Å²) >= 11 is 5.84. The van der Waals surface area contributed by atoms with E-state index in [4.69, 9.17) is 21.1 Å². The van der Waals surface area contributed by atoms with Gasteiger partial charge in [0.1, 0.15) is 11.4 Å². The molecule has 0 saturated carbocycles. The number of rotatable bonds is 4. The van der Waals surface area contributed by atoms with Gasteiger partial charge in [0.05, 0.1) is 0 Å². The fourth-order valence-electron chi connectivity index (χ4n) is 2.62. The van der Waals surface area contributed by atoms with E-state index in [2.05, 4.69) is 5.32 Å². The second-order valence-corrected chi connectivity index (χ2v) is 7.90. The van der Waals surface area contributed by atoms with Gasteiger partial charge in [-0.3, -0.25) is 4.79 Å². The Hall–Kier alpha value is -1.95. The molecule has 0 bridgehead atoms. The van der Waals surface area contributed by atoms with E-state index >= 15 is 0 Å². The molecule has 1 unspecified atom stereocenters. The molecule has 1 N–H and O–H groups in total. The average molecular weight is 383 g/mol. The quantitative estimate of drug-likeness (QED) is 0.863. The minimum atomic E-state index is -0.611. The monoisotopic (exact) mass is 382 g/mol. The van der Waals surface area contributed by atoms with Gasteiger partial charge in [0.15, 0.2) is 6.10 Å². The molecule has 26 heavy (non-hydrogen) atoms. The van der Waals surface area contributed by atoms with Crippen LogP contribution in [0.1, 0.15) is 40.5 Å². The number of carbonyl (C=O) groups is 2. The molecule has 0 aliphatic carbocycles. The summed E-state index contributed by atoms with van der Waals surface area (Å²) in [7, 11) is 0. The predicted molar refractivity (Wildman–Crippen MR) is 101 cm³/mol. The molecule has 6 nitrogen and oxygen atoms in total. The number of carbonyl (C=O) groups excluding carboxylic acids is 2. The number of nitrogens with zero attached hydrogens (tertiary/aromatic N) is 1. The summed E-state index contributed by atoms with van der Waals surface area (Å²) in [6, 6.07) is 6.91. The Labute approximate surface area is 159 Å². The van der Waals surface area contributed by atoms with Crippen LogP contribution >= 0.6 is 11.6 Å². The number of piperidine rings is 1. The standard InChI is InChI=1S/C19H27ClN2O4/c1-13(25-16-7-5-14(20)6-8-16)17(23)21-15-9-11-22(12-10-15)18(24)26-19(2,3)4/h5-8,13,15H,9-12H2,1-4H3,(H,21,23). The van der Waals surface area contributed by atoms with Crippen molar-refractivity contribution in [3.05, 3.63) is 29.3 Å². The van der Waals surface area contributed by atoms with Crippen LogP contribution < -0.4 is 10.1 Å². The van der Waals surface area contributed by atoms with Crippen LogP contribution in [0.5, 0.6) is 5.75 Å². The molecule has 1 aliphatic rings. The smallest absolute Gasteiger partial charge is 0.410 e. The molecule has 0 aromatic heterocycles. The molecule has 1 aromatic rings. The Morgan fingerprint density at radius 1 is 1.19 bits per heavy atom. The Kier molecular flexibility index (Phi) is 6.75. The first-order valence-electron chi connectivity index (χ1n) is 8.84. The third-order valence-corrected chi connectivity index (χ3v) is 4.24. The topological polar surface area (TPSA) is 67.9 Å². The van der Waals surface area contributed by atoms with Crippen LogP contribution in [0.2, 0.25) is 5.02 Å². The number of hydrogen-bond donors (Lipinski definition) is 1. The fraction of sp³-hybridized carbons (Fsp3) is 0.579. The molecule has 1 saturated heterocycles. The van der Waals surface area contributed by atoms with Crippen molar-refractivity contribution >= 4 is 23.6 Å². The summed E-state index contributed by atoms with van der Waals surface area (Å²) in [5.41, 5.74) is -0.503. The lowest BCUT2D eigenvalue weighted by Gasteiger charge is -2.34. The highest BCUT2D eigenvalue weighted by Gasteiger charge is 2.28. The molecule has 2 amide bonds. The van der Waals surface area contributed by atoms with Gasteiger partial charge in [0.25, 0.3) is 5.91 Å². The number of amides is 2. The van der Waals surface area contributed by atoms with E-state index in [1.165, 1.54) is 0 Å². The number of likely N-dealkylation sites (tertiary alicyclic amines) is 1. The van der Waals surface area contributed by atoms with Gasteiger partial charge in [-0.1, -0.05) is 11.6 Å². The lowest BCUT2D eigenvalue weighted by atomic mass is 10.1. The van der Waals surface area contributed by atoms with E-state index < -0.39 is 11.7 Å². The van der Waals surface area contributed by atoms with Gasteiger partial charge < -0.3 is 19.7 Å². The fourth-order valence-corrected chi connectivity index (χ4v) is 2.75. The summed E-state index contributed by atoms with van der Waals surface area (Å²) in [5, 5.41) is 3.61. The van der Waals surface area contributed by atoms with Crippen molar-refractivity contribution in [3.8, 4) is 5.75 Å². The van der Waals surface area contributed by atoms with Crippen LogP contribution in [0.3, 0.4) is 0 Å². The van der Waals surface area contributed by atoms with Crippen molar-refractivity contribution in [2.24, 2.45) is 0 Å². The van der Waals surface area contributed by atoms with Gasteiger partial charge in [0, 0.05) is 24.2 Å². The zero-order chi connectivity index (χ0) is 19.3. The number of halogens is 1. The van der Waals surface area contributed by atoms with E-state index in [-0.39, 0.29) is 18.0 Å². The third kappa shape index (κ3) is 6.41. The Morgan fingerprint density at radius 3 is 2.31 bits per heavy atom. The lowest BCUT2D eigenvalue weighted by Crippen LogP contribution is -2.50. The SMILES string of the molecule is CC(Oc1ccc(Cl)cc1)C(=O)NC1CCN(C(=O)OC(C)(C)C)CC1. The first kappa shape index (κ1) is 20.4. The highest BCUT2D eigenvalue weighted by Crippen LogP contribution is 2.18. The summed E-state index contributed by atoms with van der Waals surface area (Å²) in [4.78, 5) is 26.1. The van der Waals surface area contributed by atoms with Crippen molar-refractivity contribution in [2.75, 3.05) is 13.1 Å². The molecular formula is C19H27ClN2O4. The molecule has 1 aromatic carbocycles. The van der Waals surface area contributed by atoms with Gasteiger partial charge in [-0.2, -0.15) is 0 Å². The van der Waals surface area contributed by atoms with Crippen LogP contribution in [0.15, 0.2) is 24.3 Å². The second kappa shape index (κ2) is 8.62. The normalized spacial score (nSPS) is 16.7. The number of benzene rings is 1. The van der Waals surface area contributed by atoms with Crippen molar-refractivity contribution in [1.29, 1.82) is 0 Å². The van der Waals surface area contributed by atoms with Crippen molar-refractivity contribution in [2.45, 2.75) is 58.3 Å². The first-order valence-corrected chi connectivity index (χ1v) is 9.22. The zero-order valence-electron chi connectivity index (χ0n) is 15.8. The maximum Gasteiger partial charge on any atom is 0.410 e. The third-order valence-electron chi connectivity index (χ3n) is 3.99. The van der Waals surface area contributed by atoms with Gasteiger partial charge in [-0.05, 0) is 64.8 Å². The second-order valence-electron chi connectivity index (χ2n) is 7.46. The van der Waals surface area contributed by atoms with Crippen molar-refractivity contribution in [1.82, 2.24) is 10.2 Å². The molecule has 7 heteroatoms. The van der Waals surface area contributed by atoms with Crippen LogP contribution in [0, 0.1) is 0 Å². The molecule has 1 aliphatic heterocycles. The molecule has 2 rings (SSSR count). The highest BCUT2D eigenvalue weighted by atomic mass is 35.5. The largest absolute Gasteiger partial charge is 0.481 e. The lowest BCUT2D eigenvalue weighted by molar-refractivity contribution is -0.128. The average Bonchev–Trinajstić information content (AvgIpc) is 2.56. The van der Waals surface area contributed by atoms with E-state index in [0.717, 1.165) is 0 Å². The number of hydrogen-bond acceptors (Lipinski definition) is 4. The number of nitrogens with one attached hydrogen (secondary N) is 1. The summed E-state index contributed by atoms with van der Waals surface area (Å²) in [6.45, 7) is 8.37. The molecule has 144 valence electrons. The summed E-state index contributed by atoms with van der Waals surface area (Å²) in [5.74, 6) is 0.424. The maximum atomic E-state index is 12.3. The van der Waals surface area contributed by atoms with Crippen LogP contribution in [-0.2, 0) is 9.53 Å². The zero-order valence-corrected chi connectivity index (χ0v) is 16.5. The van der Waals surface area contributed by atoms with Gasteiger partial charge in [0.2, 0.25) is 0 Å². The maximum absolute atomic E-state index is 12.3. The van der Waals surface area contributed by atoms with E-state index in [9.17, 15) is 9.59 Å². The van der Waals surface area contributed by atoms with Crippen LogP contribution in [0.4, 0.5) is 4.79 Å². The van der Waals surface area contributed by atoms with Crippen molar-refractivity contribution < 1.29 is 19.1 Å².